The van der Waals surface area contributed by atoms with Crippen molar-refractivity contribution in [2.45, 2.75) is 26.0 Å². The maximum atomic E-state index is 11.4. The molecule has 7 heteroatoms. The first-order valence-electron chi connectivity index (χ1n) is 5.55. The highest BCUT2D eigenvalue weighted by Gasteiger charge is 2.17. The van der Waals surface area contributed by atoms with Gasteiger partial charge >= 0.3 is 5.97 Å². The van der Waals surface area contributed by atoms with E-state index >= 15 is 0 Å². The Morgan fingerprint density at radius 2 is 1.95 bits per heavy atom. The second-order valence-corrected chi connectivity index (χ2v) is 4.04. The van der Waals surface area contributed by atoms with Gasteiger partial charge in [0, 0.05) is 18.6 Å². The molecule has 0 spiro atoms. The van der Waals surface area contributed by atoms with E-state index in [0.717, 1.165) is 0 Å². The van der Waals surface area contributed by atoms with Gasteiger partial charge in [-0.3, -0.25) is 19.7 Å². The van der Waals surface area contributed by atoms with Crippen LogP contribution in [0.5, 0.6) is 0 Å². The summed E-state index contributed by atoms with van der Waals surface area (Å²) in [7, 11) is 0. The molecule has 0 heterocycles. The maximum absolute atomic E-state index is 11.4. The molecule has 0 saturated carbocycles. The number of carbonyl (C=O) groups excluding carboxylic acids is 2. The number of rotatable bonds is 6. The minimum atomic E-state index is -0.976. The number of ether oxygens (including phenoxy) is 1. The minimum Gasteiger partial charge on any atom is -0.460 e. The fourth-order valence-electron chi connectivity index (χ4n) is 1.37. The van der Waals surface area contributed by atoms with Gasteiger partial charge in [-0.1, -0.05) is 0 Å². The van der Waals surface area contributed by atoms with Gasteiger partial charge in [-0.25, -0.2) is 0 Å². The molecule has 0 amide bonds. The summed E-state index contributed by atoms with van der Waals surface area (Å²) in [4.78, 5) is 32.1. The van der Waals surface area contributed by atoms with E-state index in [-0.39, 0.29) is 24.5 Å². The molecule has 0 radical (unpaired) electrons. The Balaban J connectivity index is 2.50. The Bertz CT molecular complexity index is 483. The molecule has 7 nitrogen and oxygen atoms in total. The summed E-state index contributed by atoms with van der Waals surface area (Å²) in [5, 5.41) is 10.4. The van der Waals surface area contributed by atoms with Gasteiger partial charge in [-0.05, 0) is 24.6 Å². The number of esters is 1. The molecule has 1 unspecified atom stereocenters. The minimum absolute atomic E-state index is 0.0386. The zero-order chi connectivity index (χ0) is 14.4. The molecule has 0 aromatic heterocycles. The summed E-state index contributed by atoms with van der Waals surface area (Å²) in [5.74, 6) is -0.867. The SMILES string of the molecule is CC(=O)CC(N)C(=O)OCc1ccc([N+](=O)[O-])cc1. The van der Waals surface area contributed by atoms with Gasteiger partial charge in [-0.15, -0.1) is 0 Å². The largest absolute Gasteiger partial charge is 0.460 e. The fourth-order valence-corrected chi connectivity index (χ4v) is 1.37. The number of nitro groups is 1. The van der Waals surface area contributed by atoms with Gasteiger partial charge in [0.25, 0.3) is 5.69 Å². The molecule has 0 saturated heterocycles. The number of hydrogen-bond acceptors (Lipinski definition) is 6. The van der Waals surface area contributed by atoms with Crippen LogP contribution in [-0.4, -0.2) is 22.7 Å². The van der Waals surface area contributed by atoms with E-state index < -0.39 is 16.9 Å². The van der Waals surface area contributed by atoms with Crippen LogP contribution in [0.4, 0.5) is 5.69 Å². The van der Waals surface area contributed by atoms with Crippen molar-refractivity contribution in [2.75, 3.05) is 0 Å². The summed E-state index contributed by atoms with van der Waals surface area (Å²) in [6, 6.07) is 4.64. The first kappa shape index (κ1) is 14.8. The molecule has 0 fully saturated rings. The fraction of sp³-hybridized carbons (Fsp3) is 0.333. The third-order valence-electron chi connectivity index (χ3n) is 2.34. The number of nitrogens with zero attached hydrogens (tertiary/aromatic N) is 1. The van der Waals surface area contributed by atoms with Crippen LogP contribution in [0.15, 0.2) is 24.3 Å². The normalized spacial score (nSPS) is 11.7. The highest BCUT2D eigenvalue weighted by molar-refractivity contribution is 5.84. The second-order valence-electron chi connectivity index (χ2n) is 4.04. The number of benzene rings is 1. The molecule has 0 aliphatic rings. The van der Waals surface area contributed by atoms with Crippen LogP contribution in [0, 0.1) is 10.1 Å². The summed E-state index contributed by atoms with van der Waals surface area (Å²) in [5.41, 5.74) is 6.03. The van der Waals surface area contributed by atoms with E-state index in [9.17, 15) is 19.7 Å². The molecule has 1 aromatic carbocycles. The van der Waals surface area contributed by atoms with Crippen LogP contribution in [-0.2, 0) is 20.9 Å². The highest BCUT2D eigenvalue weighted by Crippen LogP contribution is 2.12. The topological polar surface area (TPSA) is 113 Å². The van der Waals surface area contributed by atoms with Crippen molar-refractivity contribution < 1.29 is 19.2 Å². The molecule has 0 aliphatic carbocycles. The van der Waals surface area contributed by atoms with Gasteiger partial charge in [0.1, 0.15) is 18.4 Å². The van der Waals surface area contributed by atoms with E-state index in [1.54, 1.807) is 0 Å². The maximum Gasteiger partial charge on any atom is 0.323 e. The number of carbonyl (C=O) groups is 2. The predicted octanol–water partition coefficient (Wildman–Crippen LogP) is 0.944. The number of Topliss-reactive ketones (excluding diaryl/α,β-unsaturated/α-hetero) is 1. The third-order valence-corrected chi connectivity index (χ3v) is 2.34. The zero-order valence-electron chi connectivity index (χ0n) is 10.4. The second kappa shape index (κ2) is 6.60. The summed E-state index contributed by atoms with van der Waals surface area (Å²) >= 11 is 0. The van der Waals surface area contributed by atoms with Crippen molar-refractivity contribution in [1.29, 1.82) is 0 Å². The average Bonchev–Trinajstić information content (AvgIpc) is 2.35. The number of nitro benzene ring substituents is 1. The first-order chi connectivity index (χ1) is 8.90. The number of nitrogens with two attached hydrogens (primary N) is 1. The Morgan fingerprint density at radius 3 is 2.42 bits per heavy atom. The monoisotopic (exact) mass is 266 g/mol. The zero-order valence-corrected chi connectivity index (χ0v) is 10.4. The van der Waals surface area contributed by atoms with Gasteiger partial charge < -0.3 is 10.5 Å². The van der Waals surface area contributed by atoms with Crippen LogP contribution in [0.3, 0.4) is 0 Å². The van der Waals surface area contributed by atoms with Gasteiger partial charge in [0.05, 0.1) is 4.92 Å². The Kier molecular flexibility index (Phi) is 5.13. The van der Waals surface area contributed by atoms with Crippen molar-refractivity contribution in [2.24, 2.45) is 5.73 Å². The average molecular weight is 266 g/mol. The highest BCUT2D eigenvalue weighted by atomic mass is 16.6. The Morgan fingerprint density at radius 1 is 1.37 bits per heavy atom. The molecule has 0 aliphatic heterocycles. The molecular weight excluding hydrogens is 252 g/mol. The molecule has 2 N–H and O–H groups in total. The predicted molar refractivity (Wildman–Crippen MR) is 66.2 cm³/mol. The molecule has 1 rings (SSSR count). The molecular formula is C12H14N2O5. The molecule has 0 bridgehead atoms. The summed E-state index contributed by atoms with van der Waals surface area (Å²) in [6.45, 7) is 1.30. The van der Waals surface area contributed by atoms with E-state index in [1.165, 1.54) is 31.2 Å². The first-order valence-corrected chi connectivity index (χ1v) is 5.55. The van der Waals surface area contributed by atoms with Crippen molar-refractivity contribution in [1.82, 2.24) is 0 Å². The standard InChI is InChI=1S/C12H14N2O5/c1-8(15)6-11(13)12(16)19-7-9-2-4-10(5-3-9)14(17)18/h2-5,11H,6-7,13H2,1H3. The lowest BCUT2D eigenvalue weighted by atomic mass is 10.2. The molecule has 19 heavy (non-hydrogen) atoms. The number of ketones is 1. The molecule has 1 atom stereocenters. The quantitative estimate of drug-likeness (QED) is 0.466. The summed E-state index contributed by atoms with van der Waals surface area (Å²) in [6.07, 6.45) is -0.0703. The Hall–Kier alpha value is -2.28. The van der Waals surface area contributed by atoms with Crippen LogP contribution >= 0.6 is 0 Å². The van der Waals surface area contributed by atoms with E-state index in [2.05, 4.69) is 0 Å². The van der Waals surface area contributed by atoms with Gasteiger partial charge in [-0.2, -0.15) is 0 Å². The number of non-ortho nitro benzene ring substituents is 1. The van der Waals surface area contributed by atoms with Crippen molar-refractivity contribution >= 4 is 17.4 Å². The van der Waals surface area contributed by atoms with E-state index in [1.807, 2.05) is 0 Å². The van der Waals surface area contributed by atoms with Crippen molar-refractivity contribution in [3.8, 4) is 0 Å². The van der Waals surface area contributed by atoms with Crippen LogP contribution in [0.25, 0.3) is 0 Å². The lowest BCUT2D eigenvalue weighted by Gasteiger charge is -2.09. The van der Waals surface area contributed by atoms with Crippen LogP contribution < -0.4 is 5.73 Å². The third kappa shape index (κ3) is 4.84. The van der Waals surface area contributed by atoms with Gasteiger partial charge in [0.2, 0.25) is 0 Å². The van der Waals surface area contributed by atoms with Crippen LogP contribution in [0.2, 0.25) is 0 Å². The smallest absolute Gasteiger partial charge is 0.323 e. The van der Waals surface area contributed by atoms with E-state index in [4.69, 9.17) is 10.5 Å². The molecule has 1 aromatic rings. The number of hydrogen-bond donors (Lipinski definition) is 1. The summed E-state index contributed by atoms with van der Waals surface area (Å²) < 4.78 is 4.91. The lowest BCUT2D eigenvalue weighted by molar-refractivity contribution is -0.384. The van der Waals surface area contributed by atoms with E-state index in [0.29, 0.717) is 5.56 Å². The van der Waals surface area contributed by atoms with Crippen molar-refractivity contribution in [3.05, 3.63) is 39.9 Å². The lowest BCUT2D eigenvalue weighted by Crippen LogP contribution is -2.33. The van der Waals surface area contributed by atoms with Crippen LogP contribution in [0.1, 0.15) is 18.9 Å². The van der Waals surface area contributed by atoms with Gasteiger partial charge in [0.15, 0.2) is 0 Å². The Labute approximate surface area is 109 Å². The van der Waals surface area contributed by atoms with Crippen molar-refractivity contribution in [3.63, 3.8) is 0 Å². The molecule has 102 valence electrons.